The van der Waals surface area contributed by atoms with Crippen LogP contribution in [0.2, 0.25) is 0 Å². The first-order valence-electron chi connectivity index (χ1n) is 27.8. The number of nitrogens with zero attached hydrogens (tertiary/aromatic N) is 5. The zero-order chi connectivity index (χ0) is 53.4. The molecule has 0 radical (unpaired) electrons. The molecule has 5 nitrogen and oxygen atoms in total. The van der Waals surface area contributed by atoms with Gasteiger partial charge in [-0.2, -0.15) is 15.0 Å². The van der Waals surface area contributed by atoms with Crippen molar-refractivity contribution in [2.75, 3.05) is 0 Å². The molecule has 16 rings (SSSR count). The first kappa shape index (κ1) is 46.2. The molecule has 0 unspecified atom stereocenters. The van der Waals surface area contributed by atoms with Gasteiger partial charge in [-0.3, -0.25) is 9.13 Å². The Kier molecular flexibility index (Phi) is 9.96. The fourth-order valence-corrected chi connectivity index (χ4v) is 13.6. The molecule has 2 aliphatic carbocycles. The van der Waals surface area contributed by atoms with E-state index in [2.05, 4.69) is 286 Å². The summed E-state index contributed by atoms with van der Waals surface area (Å²) < 4.78 is 4.53. The van der Waals surface area contributed by atoms with Crippen molar-refractivity contribution in [3.8, 4) is 90.0 Å². The van der Waals surface area contributed by atoms with E-state index in [9.17, 15) is 0 Å². The number of para-hydroxylation sites is 2. The van der Waals surface area contributed by atoms with Gasteiger partial charge in [0.15, 0.2) is 5.82 Å². The standard InChI is InChI=1S/C75H53N5/c1-74(2)63-27-15-11-23-54(63)56-37-32-49(42-65(56)74)51-34-39-60-58-25-13-17-29-67(58)79(69(60)44-51)72-76-71(62-41-48(46-19-7-5-8-20-46)31-36-53(62)47-21-9-6-10-22-47)77-73(78-72)80-68-30-18-14-26-59(68)61-40-35-52(45-70(61)80)50-33-38-57-55-24-12-16-28-64(55)75(3,4)66(57)43-50/h5-45H,1-4H3. The Morgan fingerprint density at radius 2 is 0.625 bits per heavy atom. The maximum atomic E-state index is 5.71. The lowest BCUT2D eigenvalue weighted by atomic mass is 9.81. The predicted molar refractivity (Wildman–Crippen MR) is 331 cm³/mol. The van der Waals surface area contributed by atoms with Crippen LogP contribution < -0.4 is 0 Å². The topological polar surface area (TPSA) is 48.5 Å². The van der Waals surface area contributed by atoms with Crippen molar-refractivity contribution in [3.63, 3.8) is 0 Å². The second kappa shape index (κ2) is 17.3. The lowest BCUT2D eigenvalue weighted by molar-refractivity contribution is 0.660. The van der Waals surface area contributed by atoms with E-state index in [0.29, 0.717) is 17.7 Å². The van der Waals surface area contributed by atoms with Gasteiger partial charge in [0.05, 0.1) is 22.1 Å². The van der Waals surface area contributed by atoms with Crippen LogP contribution in [-0.4, -0.2) is 24.1 Å². The van der Waals surface area contributed by atoms with Gasteiger partial charge in [0.25, 0.3) is 0 Å². The Hall–Kier alpha value is -9.97. The van der Waals surface area contributed by atoms with E-state index in [1.807, 2.05) is 0 Å². The second-order valence-corrected chi connectivity index (χ2v) is 22.8. The molecule has 11 aromatic carbocycles. The van der Waals surface area contributed by atoms with E-state index in [4.69, 9.17) is 15.0 Å². The molecule has 2 aliphatic rings. The van der Waals surface area contributed by atoms with Gasteiger partial charge in [0.1, 0.15) is 0 Å². The highest BCUT2D eigenvalue weighted by molar-refractivity contribution is 6.11. The summed E-state index contributed by atoms with van der Waals surface area (Å²) in [6.45, 7) is 9.40. The van der Waals surface area contributed by atoms with Gasteiger partial charge in [0.2, 0.25) is 11.9 Å². The van der Waals surface area contributed by atoms with Gasteiger partial charge >= 0.3 is 0 Å². The Balaban J connectivity index is 0.955. The van der Waals surface area contributed by atoms with Crippen LogP contribution in [0, 0.1) is 0 Å². The average molecular weight is 1020 g/mol. The summed E-state index contributed by atoms with van der Waals surface area (Å²) in [7, 11) is 0. The molecule has 0 saturated heterocycles. The fraction of sp³-hybridized carbons (Fsp3) is 0.0800. The minimum absolute atomic E-state index is 0.132. The molecule has 0 atom stereocenters. The van der Waals surface area contributed by atoms with Gasteiger partial charge in [-0.25, -0.2) is 0 Å². The molecule has 0 saturated carbocycles. The maximum Gasteiger partial charge on any atom is 0.240 e. The van der Waals surface area contributed by atoms with Crippen molar-refractivity contribution >= 4 is 43.6 Å². The molecular formula is C75H53N5. The molecule has 5 heteroatoms. The van der Waals surface area contributed by atoms with Crippen LogP contribution >= 0.6 is 0 Å². The molecule has 3 heterocycles. The van der Waals surface area contributed by atoms with Crippen LogP contribution in [0.4, 0.5) is 0 Å². The number of hydrogen-bond acceptors (Lipinski definition) is 3. The highest BCUT2D eigenvalue weighted by Gasteiger charge is 2.37. The van der Waals surface area contributed by atoms with E-state index in [-0.39, 0.29) is 10.8 Å². The quantitative estimate of drug-likeness (QED) is 0.160. The van der Waals surface area contributed by atoms with E-state index in [0.717, 1.165) is 82.6 Å². The number of benzene rings is 11. The molecule has 0 fully saturated rings. The van der Waals surface area contributed by atoms with Crippen molar-refractivity contribution < 1.29 is 0 Å². The normalized spacial score (nSPS) is 13.7. The van der Waals surface area contributed by atoms with Crippen LogP contribution in [0.3, 0.4) is 0 Å². The fourth-order valence-electron chi connectivity index (χ4n) is 13.6. The van der Waals surface area contributed by atoms with Gasteiger partial charge in [0, 0.05) is 37.9 Å². The number of aromatic nitrogens is 5. The molecule has 0 aliphatic heterocycles. The largest absolute Gasteiger partial charge is 0.278 e. The maximum absolute atomic E-state index is 5.71. The third kappa shape index (κ3) is 6.86. The minimum atomic E-state index is -0.132. The Bertz CT molecular complexity index is 4640. The summed E-state index contributed by atoms with van der Waals surface area (Å²) >= 11 is 0. The molecular weight excluding hydrogens is 971 g/mol. The zero-order valence-electron chi connectivity index (χ0n) is 44.9. The van der Waals surface area contributed by atoms with E-state index in [1.165, 1.54) is 55.6 Å². The number of fused-ring (bicyclic) bond motifs is 12. The molecule has 0 spiro atoms. The van der Waals surface area contributed by atoms with Crippen molar-refractivity contribution in [2.45, 2.75) is 38.5 Å². The van der Waals surface area contributed by atoms with Gasteiger partial charge in [-0.1, -0.05) is 234 Å². The molecule has 0 bridgehead atoms. The Labute approximate surface area is 464 Å². The number of rotatable bonds is 7. The van der Waals surface area contributed by atoms with Crippen molar-refractivity contribution in [1.29, 1.82) is 0 Å². The summed E-state index contributed by atoms with van der Waals surface area (Å²) in [4.78, 5) is 17.1. The molecule has 0 amide bonds. The van der Waals surface area contributed by atoms with Gasteiger partial charge in [-0.15, -0.1) is 0 Å². The predicted octanol–water partition coefficient (Wildman–Crippen LogP) is 19.0. The van der Waals surface area contributed by atoms with Crippen molar-refractivity contribution in [2.24, 2.45) is 0 Å². The first-order valence-corrected chi connectivity index (χ1v) is 27.8. The molecule has 80 heavy (non-hydrogen) atoms. The molecule has 0 N–H and O–H groups in total. The second-order valence-electron chi connectivity index (χ2n) is 22.8. The van der Waals surface area contributed by atoms with Crippen LogP contribution in [0.15, 0.2) is 249 Å². The van der Waals surface area contributed by atoms with E-state index >= 15 is 0 Å². The molecule has 3 aromatic heterocycles. The summed E-state index contributed by atoms with van der Waals surface area (Å²) in [5.41, 5.74) is 24.3. The Morgan fingerprint density at radius 3 is 1.14 bits per heavy atom. The van der Waals surface area contributed by atoms with Crippen molar-refractivity contribution in [1.82, 2.24) is 24.1 Å². The summed E-state index contributed by atoms with van der Waals surface area (Å²) in [6, 6.07) is 90.7. The van der Waals surface area contributed by atoms with Crippen LogP contribution in [-0.2, 0) is 10.8 Å². The average Bonchev–Trinajstić information content (AvgIpc) is 4.19. The first-order chi connectivity index (χ1) is 39.2. The lowest BCUT2D eigenvalue weighted by Crippen LogP contribution is -2.14. The van der Waals surface area contributed by atoms with Crippen LogP contribution in [0.25, 0.3) is 134 Å². The monoisotopic (exact) mass is 1020 g/mol. The minimum Gasteiger partial charge on any atom is -0.278 e. The summed E-state index contributed by atoms with van der Waals surface area (Å²) in [6.07, 6.45) is 0. The van der Waals surface area contributed by atoms with Gasteiger partial charge in [-0.05, 0) is 131 Å². The molecule has 378 valence electrons. The SMILES string of the molecule is CC1(C)c2ccccc2-c2ccc(-c3ccc4c5ccccc5n(-c5nc(-c6cc(-c7ccccc7)ccc6-c6ccccc6)nc(-n6c7ccccc7c7ccc(-c8ccc9c(c8)C(C)(C)c8ccccc8-9)cc76)n5)c4c3)cc21. The zero-order valence-corrected chi connectivity index (χ0v) is 44.9. The summed E-state index contributed by atoms with van der Waals surface area (Å²) in [5, 5.41) is 4.50. The van der Waals surface area contributed by atoms with Gasteiger partial charge < -0.3 is 0 Å². The smallest absolute Gasteiger partial charge is 0.240 e. The van der Waals surface area contributed by atoms with E-state index in [1.54, 1.807) is 0 Å². The Morgan fingerprint density at radius 1 is 0.250 bits per heavy atom. The third-order valence-electron chi connectivity index (χ3n) is 17.6. The molecule has 14 aromatic rings. The highest BCUT2D eigenvalue weighted by Crippen LogP contribution is 2.52. The lowest BCUT2D eigenvalue weighted by Gasteiger charge is -2.22. The van der Waals surface area contributed by atoms with Crippen LogP contribution in [0.1, 0.15) is 49.9 Å². The number of hydrogen-bond donors (Lipinski definition) is 0. The summed E-state index contributed by atoms with van der Waals surface area (Å²) in [5.74, 6) is 1.64. The highest BCUT2D eigenvalue weighted by atomic mass is 15.3. The van der Waals surface area contributed by atoms with E-state index < -0.39 is 0 Å². The van der Waals surface area contributed by atoms with Crippen molar-refractivity contribution in [3.05, 3.63) is 271 Å². The third-order valence-corrected chi connectivity index (χ3v) is 17.6. The van der Waals surface area contributed by atoms with Crippen LogP contribution in [0.5, 0.6) is 0 Å².